The van der Waals surface area contributed by atoms with Crippen LogP contribution in [0.1, 0.15) is 34.1 Å². The van der Waals surface area contributed by atoms with E-state index < -0.39 is 6.10 Å². The highest BCUT2D eigenvalue weighted by Crippen LogP contribution is 1.97. The van der Waals surface area contributed by atoms with Crippen molar-refractivity contribution in [2.45, 2.75) is 40.2 Å². The van der Waals surface area contributed by atoms with E-state index in [-0.39, 0.29) is 12.4 Å². The fourth-order valence-corrected chi connectivity index (χ4v) is 0.575. The molecule has 0 spiro atoms. The molecule has 1 atom stereocenters. The van der Waals surface area contributed by atoms with E-state index in [1.807, 2.05) is 13.8 Å². The van der Waals surface area contributed by atoms with Gasteiger partial charge in [-0.3, -0.25) is 0 Å². The summed E-state index contributed by atoms with van der Waals surface area (Å²) in [5, 5.41) is 16.0. The Hall–Kier alpha value is -0.410. The lowest BCUT2D eigenvalue weighted by molar-refractivity contribution is -0.117. The minimum absolute atomic E-state index is 0.139. The van der Waals surface area contributed by atoms with Gasteiger partial charge in [0, 0.05) is 6.42 Å². The second-order valence-corrected chi connectivity index (χ2v) is 3.33. The van der Waals surface area contributed by atoms with Gasteiger partial charge in [0.2, 0.25) is 0 Å². The molecule has 0 heterocycles. The summed E-state index contributed by atoms with van der Waals surface area (Å²) in [5.41, 5.74) is 0. The molecule has 0 saturated carbocycles. The molecule has 0 radical (unpaired) electrons. The number of carbonyl (C=O) groups is 1. The minimum Gasteiger partial charge on any atom is -0.394 e. The molecule has 2 N–H and O–H groups in total. The highest BCUT2D eigenvalue weighted by atomic mass is 16.3. The second kappa shape index (κ2) is 8.68. The lowest BCUT2D eigenvalue weighted by Crippen LogP contribution is -2.03. The monoisotopic (exact) mass is 176 g/mol. The first-order valence-electron chi connectivity index (χ1n) is 4.18. The zero-order chi connectivity index (χ0) is 10.1. The van der Waals surface area contributed by atoms with Crippen LogP contribution >= 0.6 is 0 Å². The molecular formula is C9H20O3. The molecular weight excluding hydrogens is 156 g/mol. The molecule has 0 aliphatic carbocycles. The smallest absolute Gasteiger partial charge is 0.130 e. The van der Waals surface area contributed by atoms with Gasteiger partial charge < -0.3 is 15.0 Å². The van der Waals surface area contributed by atoms with E-state index in [9.17, 15) is 4.79 Å². The average molecular weight is 176 g/mol. The van der Waals surface area contributed by atoms with Gasteiger partial charge in [-0.15, -0.1) is 0 Å². The van der Waals surface area contributed by atoms with E-state index in [4.69, 9.17) is 10.2 Å². The maximum Gasteiger partial charge on any atom is 0.130 e. The van der Waals surface area contributed by atoms with Gasteiger partial charge in [0.05, 0.1) is 12.7 Å². The molecule has 3 heteroatoms. The molecule has 0 aliphatic rings. The molecule has 0 rings (SSSR count). The maximum atomic E-state index is 10.3. The fourth-order valence-electron chi connectivity index (χ4n) is 0.575. The van der Waals surface area contributed by atoms with Gasteiger partial charge in [-0.25, -0.2) is 0 Å². The van der Waals surface area contributed by atoms with Gasteiger partial charge in [-0.05, 0) is 19.8 Å². The molecule has 12 heavy (non-hydrogen) atoms. The predicted molar refractivity (Wildman–Crippen MR) is 48.9 cm³/mol. The van der Waals surface area contributed by atoms with Crippen LogP contribution in [0.2, 0.25) is 0 Å². The number of aliphatic hydroxyl groups excluding tert-OH is 2. The van der Waals surface area contributed by atoms with Crippen molar-refractivity contribution in [2.24, 2.45) is 5.92 Å². The molecule has 74 valence electrons. The van der Waals surface area contributed by atoms with Crippen LogP contribution in [0.4, 0.5) is 0 Å². The van der Waals surface area contributed by atoms with Crippen molar-refractivity contribution in [3.05, 3.63) is 0 Å². The molecule has 0 aromatic rings. The molecule has 0 aromatic carbocycles. The Kier molecular flexibility index (Phi) is 10.2. The first-order valence-corrected chi connectivity index (χ1v) is 4.18. The average Bonchev–Trinajstić information content (AvgIpc) is 1.85. The quantitative estimate of drug-likeness (QED) is 0.674. The number of carbonyl (C=O) groups excluding carboxylic acids is 1. The molecule has 0 fully saturated rings. The first-order chi connectivity index (χ1) is 5.40. The Labute approximate surface area is 74.4 Å². The van der Waals surface area contributed by atoms with Gasteiger partial charge in [-0.2, -0.15) is 0 Å². The van der Waals surface area contributed by atoms with Gasteiger partial charge in [0.25, 0.3) is 0 Å². The Balaban J connectivity index is 0. The van der Waals surface area contributed by atoms with Crippen molar-refractivity contribution >= 4 is 5.78 Å². The van der Waals surface area contributed by atoms with Gasteiger partial charge in [-0.1, -0.05) is 13.8 Å². The Bertz CT molecular complexity index is 108. The van der Waals surface area contributed by atoms with Gasteiger partial charge in [0.1, 0.15) is 5.78 Å². The van der Waals surface area contributed by atoms with Crippen molar-refractivity contribution in [2.75, 3.05) is 6.61 Å². The molecule has 0 aromatic heterocycles. The van der Waals surface area contributed by atoms with Crippen LogP contribution in [0.15, 0.2) is 0 Å². The summed E-state index contributed by atoms with van der Waals surface area (Å²) < 4.78 is 0. The summed E-state index contributed by atoms with van der Waals surface area (Å²) in [6.07, 6.45) is 0.162. The first kappa shape index (κ1) is 14.1. The van der Waals surface area contributed by atoms with Crippen molar-refractivity contribution in [1.29, 1.82) is 0 Å². The Morgan fingerprint density at radius 1 is 1.33 bits per heavy atom. The summed E-state index contributed by atoms with van der Waals surface area (Å²) >= 11 is 0. The number of rotatable bonds is 3. The summed E-state index contributed by atoms with van der Waals surface area (Å²) in [4.78, 5) is 10.3. The summed E-state index contributed by atoms with van der Waals surface area (Å²) in [7, 11) is 0. The number of hydrogen-bond donors (Lipinski definition) is 2. The number of aliphatic hydroxyl groups is 2. The van der Waals surface area contributed by atoms with Crippen molar-refractivity contribution in [1.82, 2.24) is 0 Å². The molecule has 1 unspecified atom stereocenters. The Morgan fingerprint density at radius 3 is 1.67 bits per heavy atom. The van der Waals surface area contributed by atoms with Crippen LogP contribution in [-0.2, 0) is 4.79 Å². The van der Waals surface area contributed by atoms with Crippen LogP contribution in [-0.4, -0.2) is 28.7 Å². The largest absolute Gasteiger partial charge is 0.394 e. The lowest BCUT2D eigenvalue weighted by atomic mass is 10.1. The van der Waals surface area contributed by atoms with Crippen LogP contribution < -0.4 is 0 Å². The van der Waals surface area contributed by atoms with Gasteiger partial charge in [0.15, 0.2) is 0 Å². The zero-order valence-corrected chi connectivity index (χ0v) is 8.37. The van der Waals surface area contributed by atoms with E-state index in [0.29, 0.717) is 5.92 Å². The molecule has 0 saturated heterocycles. The van der Waals surface area contributed by atoms with Crippen LogP contribution in [0, 0.1) is 5.92 Å². The molecule has 0 amide bonds. The SMILES string of the molecule is CC(=O)CC(C)C.CC(O)CO. The molecule has 0 bridgehead atoms. The van der Waals surface area contributed by atoms with Crippen molar-refractivity contribution in [3.8, 4) is 0 Å². The van der Waals surface area contributed by atoms with Crippen molar-refractivity contribution in [3.63, 3.8) is 0 Å². The number of ketones is 1. The van der Waals surface area contributed by atoms with E-state index in [1.54, 1.807) is 6.92 Å². The normalized spacial score (nSPS) is 11.9. The summed E-state index contributed by atoms with van der Waals surface area (Å²) in [6, 6.07) is 0. The number of hydrogen-bond acceptors (Lipinski definition) is 3. The van der Waals surface area contributed by atoms with E-state index in [2.05, 4.69) is 0 Å². The van der Waals surface area contributed by atoms with Crippen molar-refractivity contribution < 1.29 is 15.0 Å². The third-order valence-electron chi connectivity index (χ3n) is 0.960. The zero-order valence-electron chi connectivity index (χ0n) is 8.37. The fraction of sp³-hybridized carbons (Fsp3) is 0.889. The molecule has 3 nitrogen and oxygen atoms in total. The topological polar surface area (TPSA) is 57.5 Å². The third-order valence-corrected chi connectivity index (χ3v) is 0.960. The minimum atomic E-state index is -0.560. The van der Waals surface area contributed by atoms with E-state index in [1.165, 1.54) is 6.92 Å². The summed E-state index contributed by atoms with van der Waals surface area (Å²) in [5.74, 6) is 0.813. The maximum absolute atomic E-state index is 10.3. The summed E-state index contributed by atoms with van der Waals surface area (Å²) in [6.45, 7) is 7.10. The highest BCUT2D eigenvalue weighted by molar-refractivity contribution is 5.75. The highest BCUT2D eigenvalue weighted by Gasteiger charge is 1.95. The lowest BCUT2D eigenvalue weighted by Gasteiger charge is -1.95. The van der Waals surface area contributed by atoms with Gasteiger partial charge >= 0.3 is 0 Å². The predicted octanol–water partition coefficient (Wildman–Crippen LogP) is 0.981. The third kappa shape index (κ3) is 22.6. The Morgan fingerprint density at radius 2 is 1.67 bits per heavy atom. The standard InChI is InChI=1S/C6H12O.C3H8O2/c1-5(2)4-6(3)7;1-3(5)2-4/h5H,4H2,1-3H3;3-5H,2H2,1H3. The molecule has 0 aliphatic heterocycles. The second-order valence-electron chi connectivity index (χ2n) is 3.33. The van der Waals surface area contributed by atoms with Crippen LogP contribution in [0.5, 0.6) is 0 Å². The van der Waals surface area contributed by atoms with Crippen LogP contribution in [0.25, 0.3) is 0 Å². The van der Waals surface area contributed by atoms with Crippen LogP contribution in [0.3, 0.4) is 0 Å². The van der Waals surface area contributed by atoms with E-state index in [0.717, 1.165) is 6.42 Å². The number of Topliss-reactive ketones (excluding diaryl/α,β-unsaturated/α-hetero) is 1. The van der Waals surface area contributed by atoms with E-state index >= 15 is 0 Å².